The molecule has 0 aliphatic rings. The molecule has 3 rings (SSSR count). The number of carbonyl (C=O) groups excluding carboxylic acids is 1. The van der Waals surface area contributed by atoms with Crippen LogP contribution in [0.5, 0.6) is 0 Å². The Morgan fingerprint density at radius 2 is 1.83 bits per heavy atom. The Bertz CT molecular complexity index is 863. The molecule has 3 aromatic rings. The first-order valence-corrected chi connectivity index (χ1v) is 7.36. The minimum Gasteiger partial charge on any atom is -0.393 e. The molecule has 3 aromatic heterocycles. The lowest BCUT2D eigenvalue weighted by Gasteiger charge is -2.07. The Labute approximate surface area is 139 Å². The van der Waals surface area contributed by atoms with E-state index in [1.54, 1.807) is 62.3 Å². The number of nitrogens with one attached hydrogen (secondary N) is 1. The van der Waals surface area contributed by atoms with Crippen molar-refractivity contribution in [3.05, 3.63) is 78.9 Å². The lowest BCUT2D eigenvalue weighted by molar-refractivity contribution is 0.105. The molecule has 0 aliphatic heterocycles. The van der Waals surface area contributed by atoms with Crippen molar-refractivity contribution in [2.45, 2.75) is 0 Å². The monoisotopic (exact) mass is 317 g/mol. The molecule has 3 heterocycles. The van der Waals surface area contributed by atoms with Crippen LogP contribution in [0.15, 0.2) is 67.4 Å². The van der Waals surface area contributed by atoms with E-state index in [-0.39, 0.29) is 5.78 Å². The fourth-order valence-corrected chi connectivity index (χ4v) is 2.18. The summed E-state index contributed by atoms with van der Waals surface area (Å²) in [6.07, 6.45) is 8.19. The van der Waals surface area contributed by atoms with E-state index in [1.807, 2.05) is 12.1 Å². The van der Waals surface area contributed by atoms with E-state index in [1.165, 1.54) is 0 Å². The maximum Gasteiger partial charge on any atom is 0.216 e. The fourth-order valence-electron chi connectivity index (χ4n) is 2.18. The SMILES string of the molecule is CNC=C(C(=O)c1ccccn1)c1nccc(-c2ccncc2)n1. The quantitative estimate of drug-likeness (QED) is 0.575. The van der Waals surface area contributed by atoms with Gasteiger partial charge in [0.15, 0.2) is 5.82 Å². The number of Topliss-reactive ketones (excluding diaryl/α,β-unsaturated/α-hetero) is 1. The summed E-state index contributed by atoms with van der Waals surface area (Å²) in [5.74, 6) is 0.103. The zero-order chi connectivity index (χ0) is 16.8. The average Bonchev–Trinajstić information content (AvgIpc) is 2.67. The second-order valence-electron chi connectivity index (χ2n) is 4.89. The van der Waals surface area contributed by atoms with Crippen molar-refractivity contribution >= 4 is 11.4 Å². The molecule has 0 aromatic carbocycles. The third-order valence-electron chi connectivity index (χ3n) is 3.30. The number of pyridine rings is 2. The standard InChI is InChI=1S/C18H15N5O/c1-19-12-14(17(24)16-4-2-3-8-21-16)18-22-11-7-15(23-18)13-5-9-20-10-6-13/h2-12,19H,1H3. The van der Waals surface area contributed by atoms with Gasteiger partial charge in [0.05, 0.1) is 11.3 Å². The molecule has 6 nitrogen and oxygen atoms in total. The van der Waals surface area contributed by atoms with E-state index in [2.05, 4.69) is 25.3 Å². The van der Waals surface area contributed by atoms with Gasteiger partial charge in [0.1, 0.15) is 5.69 Å². The number of carbonyl (C=O) groups is 1. The van der Waals surface area contributed by atoms with Gasteiger partial charge in [0, 0.05) is 43.6 Å². The molecule has 0 saturated heterocycles. The first-order valence-electron chi connectivity index (χ1n) is 7.36. The Morgan fingerprint density at radius 3 is 2.54 bits per heavy atom. The fraction of sp³-hybridized carbons (Fsp3) is 0.0556. The van der Waals surface area contributed by atoms with Gasteiger partial charge in [-0.05, 0) is 30.3 Å². The summed E-state index contributed by atoms with van der Waals surface area (Å²) in [5.41, 5.74) is 2.32. The minimum absolute atomic E-state index is 0.239. The number of rotatable bonds is 5. The van der Waals surface area contributed by atoms with Crippen molar-refractivity contribution < 1.29 is 4.79 Å². The zero-order valence-electron chi connectivity index (χ0n) is 13.0. The number of hydrogen-bond donors (Lipinski definition) is 1. The highest BCUT2D eigenvalue weighted by molar-refractivity contribution is 6.27. The number of hydrogen-bond acceptors (Lipinski definition) is 6. The molecular weight excluding hydrogens is 302 g/mol. The molecule has 0 atom stereocenters. The zero-order valence-corrected chi connectivity index (χ0v) is 13.0. The van der Waals surface area contributed by atoms with E-state index in [9.17, 15) is 4.79 Å². The Hall–Kier alpha value is -3.41. The molecule has 1 N–H and O–H groups in total. The molecular formula is C18H15N5O. The van der Waals surface area contributed by atoms with Gasteiger partial charge < -0.3 is 5.32 Å². The third kappa shape index (κ3) is 3.33. The van der Waals surface area contributed by atoms with Crippen LogP contribution in [0.3, 0.4) is 0 Å². The predicted molar refractivity (Wildman–Crippen MR) is 90.9 cm³/mol. The highest BCUT2D eigenvalue weighted by Gasteiger charge is 2.18. The largest absolute Gasteiger partial charge is 0.393 e. The van der Waals surface area contributed by atoms with Crippen LogP contribution in [0.2, 0.25) is 0 Å². The molecule has 0 bridgehead atoms. The van der Waals surface area contributed by atoms with E-state index >= 15 is 0 Å². The summed E-state index contributed by atoms with van der Waals surface area (Å²) in [6.45, 7) is 0. The van der Waals surface area contributed by atoms with Gasteiger partial charge >= 0.3 is 0 Å². The van der Waals surface area contributed by atoms with Crippen LogP contribution in [0.1, 0.15) is 16.3 Å². The second-order valence-corrected chi connectivity index (χ2v) is 4.89. The van der Waals surface area contributed by atoms with E-state index in [0.717, 1.165) is 11.3 Å². The molecule has 0 radical (unpaired) electrons. The molecule has 0 unspecified atom stereocenters. The van der Waals surface area contributed by atoms with Crippen LogP contribution >= 0.6 is 0 Å². The van der Waals surface area contributed by atoms with Crippen LogP contribution in [-0.4, -0.2) is 32.8 Å². The van der Waals surface area contributed by atoms with Crippen molar-refractivity contribution in [3.8, 4) is 11.3 Å². The van der Waals surface area contributed by atoms with Crippen molar-refractivity contribution in [2.75, 3.05) is 7.05 Å². The van der Waals surface area contributed by atoms with Crippen LogP contribution in [-0.2, 0) is 0 Å². The first kappa shape index (κ1) is 15.5. The van der Waals surface area contributed by atoms with Gasteiger partial charge in [-0.25, -0.2) is 9.97 Å². The van der Waals surface area contributed by atoms with Gasteiger partial charge in [0.2, 0.25) is 5.78 Å². The lowest BCUT2D eigenvalue weighted by Crippen LogP contribution is -2.11. The van der Waals surface area contributed by atoms with Crippen molar-refractivity contribution in [1.29, 1.82) is 0 Å². The van der Waals surface area contributed by atoms with E-state index < -0.39 is 0 Å². The second kappa shape index (κ2) is 7.23. The topological polar surface area (TPSA) is 80.7 Å². The van der Waals surface area contributed by atoms with Crippen molar-refractivity contribution in [3.63, 3.8) is 0 Å². The molecule has 0 fully saturated rings. The molecule has 0 aliphatic carbocycles. The summed E-state index contributed by atoms with van der Waals surface area (Å²) in [6, 6.07) is 10.7. The predicted octanol–water partition coefficient (Wildman–Crippen LogP) is 2.38. The number of nitrogens with zero attached hydrogens (tertiary/aromatic N) is 4. The minimum atomic E-state index is -0.239. The number of ketones is 1. The number of aromatic nitrogens is 4. The van der Waals surface area contributed by atoms with Crippen molar-refractivity contribution in [1.82, 2.24) is 25.3 Å². The summed E-state index contributed by atoms with van der Waals surface area (Å²) >= 11 is 0. The van der Waals surface area contributed by atoms with Crippen molar-refractivity contribution in [2.24, 2.45) is 0 Å². The highest BCUT2D eigenvalue weighted by atomic mass is 16.1. The van der Waals surface area contributed by atoms with E-state index in [0.29, 0.717) is 17.1 Å². The van der Waals surface area contributed by atoms with Gasteiger partial charge in [0.25, 0.3) is 0 Å². The molecule has 6 heteroatoms. The molecule has 0 saturated carbocycles. The Kier molecular flexibility index (Phi) is 4.67. The summed E-state index contributed by atoms with van der Waals surface area (Å²) in [4.78, 5) is 29.6. The summed E-state index contributed by atoms with van der Waals surface area (Å²) < 4.78 is 0. The van der Waals surface area contributed by atoms with Crippen LogP contribution in [0, 0.1) is 0 Å². The molecule has 0 spiro atoms. The van der Waals surface area contributed by atoms with Gasteiger partial charge in [-0.2, -0.15) is 0 Å². The molecule has 24 heavy (non-hydrogen) atoms. The lowest BCUT2D eigenvalue weighted by atomic mass is 10.1. The first-order chi connectivity index (χ1) is 11.8. The van der Waals surface area contributed by atoms with Crippen LogP contribution < -0.4 is 5.32 Å². The number of allylic oxidation sites excluding steroid dienone is 1. The maximum atomic E-state index is 12.7. The highest BCUT2D eigenvalue weighted by Crippen LogP contribution is 2.19. The summed E-state index contributed by atoms with van der Waals surface area (Å²) in [7, 11) is 1.72. The van der Waals surface area contributed by atoms with E-state index in [4.69, 9.17) is 0 Å². The van der Waals surface area contributed by atoms with Crippen LogP contribution in [0.25, 0.3) is 16.8 Å². The molecule has 0 amide bonds. The maximum absolute atomic E-state index is 12.7. The average molecular weight is 317 g/mol. The van der Waals surface area contributed by atoms with Gasteiger partial charge in [-0.15, -0.1) is 0 Å². The van der Waals surface area contributed by atoms with Crippen LogP contribution in [0.4, 0.5) is 0 Å². The smallest absolute Gasteiger partial charge is 0.216 e. The molecule has 118 valence electrons. The van der Waals surface area contributed by atoms with Gasteiger partial charge in [-0.1, -0.05) is 6.07 Å². The normalized spacial score (nSPS) is 11.1. The summed E-state index contributed by atoms with van der Waals surface area (Å²) in [5, 5.41) is 2.88. The third-order valence-corrected chi connectivity index (χ3v) is 3.30. The Balaban J connectivity index is 2.01. The van der Waals surface area contributed by atoms with Gasteiger partial charge in [-0.3, -0.25) is 14.8 Å². The Morgan fingerprint density at radius 1 is 1.00 bits per heavy atom.